The fourth-order valence-electron chi connectivity index (χ4n) is 1.86. The van der Waals surface area contributed by atoms with Crippen LogP contribution < -0.4 is 10.1 Å². The van der Waals surface area contributed by atoms with Gasteiger partial charge in [-0.25, -0.2) is 4.79 Å². The minimum Gasteiger partial charge on any atom is -0.435 e. The van der Waals surface area contributed by atoms with Crippen molar-refractivity contribution in [1.29, 1.82) is 0 Å². The fourth-order valence-corrected chi connectivity index (χ4v) is 1.86. The van der Waals surface area contributed by atoms with E-state index in [4.69, 9.17) is 0 Å². The second kappa shape index (κ2) is 7.40. The third-order valence-corrected chi connectivity index (χ3v) is 2.94. The molecule has 1 N–H and O–H groups in total. The minimum absolute atomic E-state index is 0.0927. The number of amides is 2. The molecule has 0 aromatic heterocycles. The van der Waals surface area contributed by atoms with E-state index in [0.717, 1.165) is 5.56 Å². The zero-order valence-corrected chi connectivity index (χ0v) is 12.0. The number of para-hydroxylation sites is 1. The third kappa shape index (κ3) is 4.73. The standard InChI is InChI=1S/C16H16F2N2O2/c1-20(16(21)19-13-5-3-2-4-6-13)11-12-7-9-14(10-8-12)22-15(17)18/h2-10,15H,11H2,1H3,(H,19,21). The summed E-state index contributed by atoms with van der Waals surface area (Å²) >= 11 is 0. The minimum atomic E-state index is -2.84. The summed E-state index contributed by atoms with van der Waals surface area (Å²) in [5, 5.41) is 2.76. The average molecular weight is 306 g/mol. The monoisotopic (exact) mass is 306 g/mol. The average Bonchev–Trinajstić information content (AvgIpc) is 2.49. The van der Waals surface area contributed by atoms with Gasteiger partial charge in [0, 0.05) is 19.3 Å². The highest BCUT2D eigenvalue weighted by molar-refractivity contribution is 5.89. The van der Waals surface area contributed by atoms with Gasteiger partial charge in [-0.3, -0.25) is 0 Å². The van der Waals surface area contributed by atoms with Crippen LogP contribution in [0.4, 0.5) is 19.3 Å². The highest BCUT2D eigenvalue weighted by atomic mass is 19.3. The van der Waals surface area contributed by atoms with E-state index in [0.29, 0.717) is 12.2 Å². The van der Waals surface area contributed by atoms with Crippen LogP contribution in [0.1, 0.15) is 5.56 Å². The Kier molecular flexibility index (Phi) is 5.30. The summed E-state index contributed by atoms with van der Waals surface area (Å²) in [5.74, 6) is 0.0927. The summed E-state index contributed by atoms with van der Waals surface area (Å²) < 4.78 is 28.4. The van der Waals surface area contributed by atoms with Crippen LogP contribution in [0.25, 0.3) is 0 Å². The van der Waals surface area contributed by atoms with Crippen molar-refractivity contribution in [2.24, 2.45) is 0 Å². The number of rotatable bonds is 5. The zero-order valence-electron chi connectivity index (χ0n) is 12.0. The van der Waals surface area contributed by atoms with E-state index < -0.39 is 6.61 Å². The molecule has 0 fully saturated rings. The number of benzene rings is 2. The fraction of sp³-hybridized carbons (Fsp3) is 0.188. The maximum absolute atomic E-state index is 12.1. The Hall–Kier alpha value is -2.63. The Morgan fingerprint density at radius 2 is 1.77 bits per heavy atom. The molecule has 0 heterocycles. The summed E-state index contributed by atoms with van der Waals surface area (Å²) in [4.78, 5) is 13.5. The summed E-state index contributed by atoms with van der Waals surface area (Å²) in [6.45, 7) is -2.49. The van der Waals surface area contributed by atoms with Crippen molar-refractivity contribution in [3.05, 3.63) is 60.2 Å². The van der Waals surface area contributed by atoms with Crippen LogP contribution in [0, 0.1) is 0 Å². The van der Waals surface area contributed by atoms with E-state index >= 15 is 0 Å². The number of hydrogen-bond donors (Lipinski definition) is 1. The third-order valence-electron chi connectivity index (χ3n) is 2.94. The molecule has 22 heavy (non-hydrogen) atoms. The van der Waals surface area contributed by atoms with Gasteiger partial charge in [0.15, 0.2) is 0 Å². The molecule has 116 valence electrons. The lowest BCUT2D eigenvalue weighted by molar-refractivity contribution is -0.0498. The Balaban J connectivity index is 1.90. The first-order chi connectivity index (χ1) is 10.5. The molecule has 0 unspecified atom stereocenters. The lowest BCUT2D eigenvalue weighted by Crippen LogP contribution is -2.30. The summed E-state index contributed by atoms with van der Waals surface area (Å²) in [7, 11) is 1.65. The molecule has 6 heteroatoms. The molecule has 0 saturated carbocycles. The van der Waals surface area contributed by atoms with Gasteiger partial charge in [-0.05, 0) is 29.8 Å². The van der Waals surface area contributed by atoms with E-state index in [1.165, 1.54) is 17.0 Å². The molecule has 4 nitrogen and oxygen atoms in total. The Morgan fingerprint density at radius 3 is 2.36 bits per heavy atom. The van der Waals surface area contributed by atoms with Crippen molar-refractivity contribution < 1.29 is 18.3 Å². The second-order valence-electron chi connectivity index (χ2n) is 4.67. The van der Waals surface area contributed by atoms with Crippen molar-refractivity contribution in [3.63, 3.8) is 0 Å². The number of halogens is 2. The van der Waals surface area contributed by atoms with E-state index in [1.54, 1.807) is 31.3 Å². The largest absolute Gasteiger partial charge is 0.435 e. The van der Waals surface area contributed by atoms with Crippen molar-refractivity contribution in [2.75, 3.05) is 12.4 Å². The molecular weight excluding hydrogens is 290 g/mol. The Morgan fingerprint density at radius 1 is 1.14 bits per heavy atom. The second-order valence-corrected chi connectivity index (χ2v) is 4.67. The number of hydrogen-bond acceptors (Lipinski definition) is 2. The maximum atomic E-state index is 12.1. The predicted molar refractivity (Wildman–Crippen MR) is 80.0 cm³/mol. The van der Waals surface area contributed by atoms with Crippen molar-refractivity contribution in [3.8, 4) is 5.75 Å². The number of ether oxygens (including phenoxy) is 1. The molecule has 2 amide bonds. The van der Waals surface area contributed by atoms with Crippen LogP contribution in [-0.4, -0.2) is 24.6 Å². The molecule has 0 saturated heterocycles. The van der Waals surface area contributed by atoms with E-state index in [2.05, 4.69) is 10.1 Å². The highest BCUT2D eigenvalue weighted by Gasteiger charge is 2.10. The number of alkyl halides is 2. The van der Waals surface area contributed by atoms with E-state index in [-0.39, 0.29) is 11.8 Å². The first-order valence-corrected chi connectivity index (χ1v) is 6.65. The van der Waals surface area contributed by atoms with Gasteiger partial charge in [0.25, 0.3) is 0 Å². The van der Waals surface area contributed by atoms with Crippen LogP contribution in [-0.2, 0) is 6.54 Å². The van der Waals surface area contributed by atoms with Crippen LogP contribution in [0.5, 0.6) is 5.75 Å². The quantitative estimate of drug-likeness (QED) is 0.908. The number of carbonyl (C=O) groups is 1. The van der Waals surface area contributed by atoms with Crippen LogP contribution in [0.15, 0.2) is 54.6 Å². The molecule has 2 rings (SSSR count). The molecule has 0 radical (unpaired) electrons. The van der Waals surface area contributed by atoms with Gasteiger partial charge >= 0.3 is 12.6 Å². The maximum Gasteiger partial charge on any atom is 0.387 e. The smallest absolute Gasteiger partial charge is 0.387 e. The molecule has 0 aliphatic heterocycles. The molecule has 2 aromatic carbocycles. The van der Waals surface area contributed by atoms with Gasteiger partial charge in [-0.15, -0.1) is 0 Å². The van der Waals surface area contributed by atoms with Crippen molar-refractivity contribution in [1.82, 2.24) is 4.90 Å². The Bertz CT molecular complexity index is 603. The lowest BCUT2D eigenvalue weighted by Gasteiger charge is -2.18. The molecule has 0 spiro atoms. The summed E-state index contributed by atoms with van der Waals surface area (Å²) in [6.07, 6.45) is 0. The van der Waals surface area contributed by atoms with Gasteiger partial charge in [0.05, 0.1) is 0 Å². The lowest BCUT2D eigenvalue weighted by atomic mass is 10.2. The highest BCUT2D eigenvalue weighted by Crippen LogP contribution is 2.16. The number of carbonyl (C=O) groups excluding carboxylic acids is 1. The number of anilines is 1. The van der Waals surface area contributed by atoms with Gasteiger partial charge in [-0.2, -0.15) is 8.78 Å². The Labute approximate surface area is 127 Å². The normalized spacial score (nSPS) is 10.4. The van der Waals surface area contributed by atoms with E-state index in [9.17, 15) is 13.6 Å². The predicted octanol–water partition coefficient (Wildman–Crippen LogP) is 3.95. The van der Waals surface area contributed by atoms with Gasteiger partial charge < -0.3 is 15.0 Å². The zero-order chi connectivity index (χ0) is 15.9. The molecule has 0 aliphatic carbocycles. The van der Waals surface area contributed by atoms with Crippen LogP contribution >= 0.6 is 0 Å². The van der Waals surface area contributed by atoms with Gasteiger partial charge in [0.1, 0.15) is 5.75 Å². The first-order valence-electron chi connectivity index (χ1n) is 6.65. The topological polar surface area (TPSA) is 41.6 Å². The van der Waals surface area contributed by atoms with Gasteiger partial charge in [-0.1, -0.05) is 30.3 Å². The molecule has 0 aliphatic rings. The number of urea groups is 1. The number of nitrogens with zero attached hydrogens (tertiary/aromatic N) is 1. The SMILES string of the molecule is CN(Cc1ccc(OC(F)F)cc1)C(=O)Nc1ccccc1. The van der Waals surface area contributed by atoms with Gasteiger partial charge in [0.2, 0.25) is 0 Å². The van der Waals surface area contributed by atoms with E-state index in [1.807, 2.05) is 18.2 Å². The van der Waals surface area contributed by atoms with Crippen LogP contribution in [0.3, 0.4) is 0 Å². The molecule has 2 aromatic rings. The van der Waals surface area contributed by atoms with Crippen LogP contribution in [0.2, 0.25) is 0 Å². The molecule has 0 bridgehead atoms. The molecule has 0 atom stereocenters. The molecular formula is C16H16F2N2O2. The summed E-state index contributed by atoms with van der Waals surface area (Å²) in [5.41, 5.74) is 1.52. The van der Waals surface area contributed by atoms with Crippen molar-refractivity contribution >= 4 is 11.7 Å². The van der Waals surface area contributed by atoms with Crippen molar-refractivity contribution in [2.45, 2.75) is 13.2 Å². The first kappa shape index (κ1) is 15.8. The summed E-state index contributed by atoms with van der Waals surface area (Å²) in [6, 6.07) is 15.0. The number of nitrogens with one attached hydrogen (secondary N) is 1.